The first-order valence-corrected chi connectivity index (χ1v) is 5.22. The minimum atomic E-state index is -0.986. The van der Waals surface area contributed by atoms with Gasteiger partial charge in [-0.15, -0.1) is 0 Å². The highest BCUT2D eigenvalue weighted by atomic mass is 16.4. The first-order chi connectivity index (χ1) is 7.47. The lowest BCUT2D eigenvalue weighted by molar-refractivity contribution is -0.139. The number of aromatic hydroxyl groups is 2. The molecular weight excluding hydrogens is 208 g/mol. The zero-order chi connectivity index (χ0) is 12.3. The molecule has 0 radical (unpaired) electrons. The zero-order valence-electron chi connectivity index (χ0n) is 9.40. The Morgan fingerprint density at radius 2 is 1.94 bits per heavy atom. The highest BCUT2D eigenvalue weighted by molar-refractivity contribution is 5.77. The Hall–Kier alpha value is -1.71. The molecule has 0 aromatic heterocycles. The number of aliphatic carboxylic acids is 1. The third-order valence-corrected chi connectivity index (χ3v) is 2.60. The van der Waals surface area contributed by atoms with Crippen LogP contribution in [0.25, 0.3) is 0 Å². The van der Waals surface area contributed by atoms with Crippen molar-refractivity contribution in [2.24, 2.45) is 0 Å². The van der Waals surface area contributed by atoms with E-state index in [0.29, 0.717) is 18.4 Å². The van der Waals surface area contributed by atoms with Crippen LogP contribution in [-0.4, -0.2) is 21.3 Å². The first kappa shape index (κ1) is 12.4. The summed E-state index contributed by atoms with van der Waals surface area (Å²) in [5.74, 6) is -1.82. The molecule has 1 unspecified atom stereocenters. The van der Waals surface area contributed by atoms with E-state index in [4.69, 9.17) is 5.11 Å². The summed E-state index contributed by atoms with van der Waals surface area (Å²) in [4.78, 5) is 11.0. The summed E-state index contributed by atoms with van der Waals surface area (Å²) in [6.45, 7) is 3.52. The van der Waals surface area contributed by atoms with Crippen LogP contribution in [0.15, 0.2) is 12.1 Å². The molecule has 0 aliphatic carbocycles. The minimum Gasteiger partial charge on any atom is -0.508 e. The Morgan fingerprint density at radius 3 is 2.44 bits per heavy atom. The number of phenolic OH excluding ortho intramolecular Hbond substituents is 2. The van der Waals surface area contributed by atoms with Gasteiger partial charge in [0.05, 0.1) is 5.92 Å². The summed E-state index contributed by atoms with van der Waals surface area (Å²) in [6, 6.07) is 2.72. The third kappa shape index (κ3) is 2.45. The molecule has 0 fully saturated rings. The van der Waals surface area contributed by atoms with Crippen LogP contribution >= 0.6 is 0 Å². The molecule has 88 valence electrons. The SMILES string of the molecule is CCCC(C(=O)O)c1cc(O)c(C)cc1O. The third-order valence-electron chi connectivity index (χ3n) is 2.60. The molecule has 1 atom stereocenters. The molecule has 1 aromatic carbocycles. The number of phenols is 2. The lowest BCUT2D eigenvalue weighted by atomic mass is 9.92. The second-order valence-electron chi connectivity index (χ2n) is 3.88. The van der Waals surface area contributed by atoms with Crippen LogP contribution in [0.4, 0.5) is 0 Å². The number of benzene rings is 1. The maximum atomic E-state index is 11.0. The standard InChI is InChI=1S/C12H16O4/c1-3-4-8(12(15)16)9-6-10(13)7(2)5-11(9)14/h5-6,8,13-14H,3-4H2,1-2H3,(H,15,16). The van der Waals surface area contributed by atoms with Crippen molar-refractivity contribution < 1.29 is 20.1 Å². The molecule has 0 saturated carbocycles. The molecule has 4 heteroatoms. The van der Waals surface area contributed by atoms with Gasteiger partial charge in [-0.1, -0.05) is 13.3 Å². The van der Waals surface area contributed by atoms with E-state index in [1.54, 1.807) is 6.92 Å². The highest BCUT2D eigenvalue weighted by Gasteiger charge is 2.23. The largest absolute Gasteiger partial charge is 0.508 e. The van der Waals surface area contributed by atoms with E-state index in [2.05, 4.69) is 0 Å². The van der Waals surface area contributed by atoms with Crippen LogP contribution in [0.2, 0.25) is 0 Å². The van der Waals surface area contributed by atoms with Crippen molar-refractivity contribution in [3.05, 3.63) is 23.3 Å². The van der Waals surface area contributed by atoms with Crippen LogP contribution in [0.1, 0.15) is 36.8 Å². The van der Waals surface area contributed by atoms with Gasteiger partial charge in [-0.2, -0.15) is 0 Å². The maximum Gasteiger partial charge on any atom is 0.311 e. The second kappa shape index (κ2) is 4.88. The van der Waals surface area contributed by atoms with E-state index in [1.165, 1.54) is 12.1 Å². The van der Waals surface area contributed by atoms with Crippen molar-refractivity contribution in [2.45, 2.75) is 32.6 Å². The molecule has 3 N–H and O–H groups in total. The Labute approximate surface area is 94.2 Å². The normalized spacial score (nSPS) is 12.4. The van der Waals surface area contributed by atoms with Crippen molar-refractivity contribution in [2.75, 3.05) is 0 Å². The van der Waals surface area contributed by atoms with Gasteiger partial charge in [0, 0.05) is 5.56 Å². The van der Waals surface area contributed by atoms with Crippen LogP contribution in [0, 0.1) is 6.92 Å². The van der Waals surface area contributed by atoms with Gasteiger partial charge < -0.3 is 15.3 Å². The molecule has 0 aliphatic rings. The fourth-order valence-electron chi connectivity index (χ4n) is 1.68. The summed E-state index contributed by atoms with van der Waals surface area (Å²) in [7, 11) is 0. The van der Waals surface area contributed by atoms with Gasteiger partial charge in [-0.05, 0) is 31.0 Å². The highest BCUT2D eigenvalue weighted by Crippen LogP contribution is 2.34. The molecule has 1 rings (SSSR count). The Morgan fingerprint density at radius 1 is 1.31 bits per heavy atom. The lowest BCUT2D eigenvalue weighted by Crippen LogP contribution is -2.11. The summed E-state index contributed by atoms with van der Waals surface area (Å²) < 4.78 is 0. The molecule has 16 heavy (non-hydrogen) atoms. The number of aryl methyl sites for hydroxylation is 1. The molecule has 0 heterocycles. The second-order valence-corrected chi connectivity index (χ2v) is 3.88. The van der Waals surface area contributed by atoms with Gasteiger partial charge in [-0.25, -0.2) is 0 Å². The van der Waals surface area contributed by atoms with Crippen molar-refractivity contribution in [1.29, 1.82) is 0 Å². The van der Waals surface area contributed by atoms with Gasteiger partial charge >= 0.3 is 5.97 Å². The van der Waals surface area contributed by atoms with E-state index in [1.807, 2.05) is 6.92 Å². The maximum absolute atomic E-state index is 11.0. The molecule has 0 bridgehead atoms. The fraction of sp³-hybridized carbons (Fsp3) is 0.417. The predicted octanol–water partition coefficient (Wildman–Crippen LogP) is 2.37. The summed E-state index contributed by atoms with van der Waals surface area (Å²) >= 11 is 0. The van der Waals surface area contributed by atoms with Gasteiger partial charge in [0.1, 0.15) is 11.5 Å². The lowest BCUT2D eigenvalue weighted by Gasteiger charge is -2.14. The average molecular weight is 224 g/mol. The van der Waals surface area contributed by atoms with E-state index >= 15 is 0 Å². The smallest absolute Gasteiger partial charge is 0.311 e. The Balaban J connectivity index is 3.18. The number of hydrogen-bond acceptors (Lipinski definition) is 3. The van der Waals surface area contributed by atoms with E-state index in [9.17, 15) is 15.0 Å². The van der Waals surface area contributed by atoms with Crippen LogP contribution in [0.5, 0.6) is 11.5 Å². The van der Waals surface area contributed by atoms with Gasteiger partial charge in [-0.3, -0.25) is 4.79 Å². The number of hydrogen-bond donors (Lipinski definition) is 3. The fourth-order valence-corrected chi connectivity index (χ4v) is 1.68. The summed E-state index contributed by atoms with van der Waals surface area (Å²) in [5.41, 5.74) is 0.805. The predicted molar refractivity (Wildman–Crippen MR) is 59.8 cm³/mol. The molecule has 0 amide bonds. The zero-order valence-corrected chi connectivity index (χ0v) is 9.40. The topological polar surface area (TPSA) is 77.8 Å². The Kier molecular flexibility index (Phi) is 3.77. The molecular formula is C12H16O4. The number of carbonyl (C=O) groups is 1. The van der Waals surface area contributed by atoms with Crippen LogP contribution in [-0.2, 0) is 4.79 Å². The van der Waals surface area contributed by atoms with Gasteiger partial charge in [0.2, 0.25) is 0 Å². The monoisotopic (exact) mass is 224 g/mol. The summed E-state index contributed by atoms with van der Waals surface area (Å²) in [5, 5.41) is 28.3. The van der Waals surface area contributed by atoms with Gasteiger partial charge in [0.25, 0.3) is 0 Å². The van der Waals surface area contributed by atoms with Crippen molar-refractivity contribution in [3.63, 3.8) is 0 Å². The number of carboxylic acids is 1. The molecule has 0 spiro atoms. The number of rotatable bonds is 4. The molecule has 1 aromatic rings. The van der Waals surface area contributed by atoms with E-state index < -0.39 is 11.9 Å². The van der Waals surface area contributed by atoms with Crippen molar-refractivity contribution >= 4 is 5.97 Å². The van der Waals surface area contributed by atoms with Gasteiger partial charge in [0.15, 0.2) is 0 Å². The minimum absolute atomic E-state index is 0.00940. The number of carboxylic acid groups (broad SMARTS) is 1. The van der Waals surface area contributed by atoms with Crippen LogP contribution < -0.4 is 0 Å². The quantitative estimate of drug-likeness (QED) is 0.686. The van der Waals surface area contributed by atoms with Crippen molar-refractivity contribution in [1.82, 2.24) is 0 Å². The molecule has 4 nitrogen and oxygen atoms in total. The Bertz CT molecular complexity index is 398. The summed E-state index contributed by atoms with van der Waals surface area (Å²) in [6.07, 6.45) is 1.14. The molecule has 0 aliphatic heterocycles. The van der Waals surface area contributed by atoms with E-state index in [0.717, 1.165) is 0 Å². The van der Waals surface area contributed by atoms with E-state index in [-0.39, 0.29) is 17.1 Å². The average Bonchev–Trinajstić information content (AvgIpc) is 2.20. The van der Waals surface area contributed by atoms with Crippen LogP contribution in [0.3, 0.4) is 0 Å². The molecule has 0 saturated heterocycles. The van der Waals surface area contributed by atoms with Crippen molar-refractivity contribution in [3.8, 4) is 11.5 Å². The first-order valence-electron chi connectivity index (χ1n) is 5.22.